The van der Waals surface area contributed by atoms with E-state index in [2.05, 4.69) is 14.9 Å². The van der Waals surface area contributed by atoms with Gasteiger partial charge in [-0.05, 0) is 37.3 Å². The van der Waals surface area contributed by atoms with E-state index >= 15 is 0 Å². The Morgan fingerprint density at radius 2 is 1.84 bits per heavy atom. The van der Waals surface area contributed by atoms with Crippen LogP contribution in [0.15, 0.2) is 54.9 Å². The van der Waals surface area contributed by atoms with E-state index in [0.29, 0.717) is 52.6 Å². The van der Waals surface area contributed by atoms with E-state index < -0.39 is 0 Å². The van der Waals surface area contributed by atoms with Crippen molar-refractivity contribution in [3.8, 4) is 17.4 Å². The van der Waals surface area contributed by atoms with Crippen molar-refractivity contribution in [2.75, 3.05) is 31.6 Å². The van der Waals surface area contributed by atoms with Crippen molar-refractivity contribution in [2.24, 2.45) is 0 Å². The lowest BCUT2D eigenvalue weighted by molar-refractivity contribution is 0.0674. The summed E-state index contributed by atoms with van der Waals surface area (Å²) in [6.07, 6.45) is 1.47. The SMILES string of the molecule is COc1ccccc1Oc1cc(N2CCN(C(=O)c3ccc(Cl)cc3Cl)[C@H](C)C2)ncn1. The van der Waals surface area contributed by atoms with Crippen LogP contribution in [0, 0.1) is 0 Å². The maximum absolute atomic E-state index is 13.0. The zero-order valence-electron chi connectivity index (χ0n) is 17.7. The molecule has 0 bridgehead atoms. The fourth-order valence-electron chi connectivity index (χ4n) is 3.66. The van der Waals surface area contributed by atoms with Crippen LogP contribution in [-0.2, 0) is 0 Å². The van der Waals surface area contributed by atoms with Gasteiger partial charge in [0.15, 0.2) is 11.5 Å². The Kier molecular flexibility index (Phi) is 6.67. The highest BCUT2D eigenvalue weighted by Crippen LogP contribution is 2.31. The number of para-hydroxylation sites is 2. The van der Waals surface area contributed by atoms with Crippen LogP contribution in [0.25, 0.3) is 0 Å². The second-order valence-electron chi connectivity index (χ2n) is 7.39. The predicted molar refractivity (Wildman–Crippen MR) is 124 cm³/mol. The number of hydrogen-bond donors (Lipinski definition) is 0. The molecule has 1 fully saturated rings. The fourth-order valence-corrected chi connectivity index (χ4v) is 4.15. The number of ether oxygens (including phenoxy) is 2. The average molecular weight is 473 g/mol. The lowest BCUT2D eigenvalue weighted by Crippen LogP contribution is -2.54. The number of piperazine rings is 1. The number of hydrogen-bond acceptors (Lipinski definition) is 6. The molecule has 0 unspecified atom stereocenters. The van der Waals surface area contributed by atoms with Crippen molar-refractivity contribution >= 4 is 34.9 Å². The largest absolute Gasteiger partial charge is 0.493 e. The summed E-state index contributed by atoms with van der Waals surface area (Å²) in [6, 6.07) is 14.0. The van der Waals surface area contributed by atoms with Gasteiger partial charge in [-0.25, -0.2) is 9.97 Å². The molecule has 0 saturated carbocycles. The van der Waals surface area contributed by atoms with Gasteiger partial charge in [-0.3, -0.25) is 4.79 Å². The Morgan fingerprint density at radius 3 is 2.56 bits per heavy atom. The first kappa shape index (κ1) is 22.2. The Bertz CT molecular complexity index is 1130. The molecule has 1 aliphatic rings. The molecule has 1 amide bonds. The number of carbonyl (C=O) groups is 1. The maximum atomic E-state index is 13.0. The summed E-state index contributed by atoms with van der Waals surface area (Å²) in [5.41, 5.74) is 0.450. The quantitative estimate of drug-likeness (QED) is 0.523. The minimum absolute atomic E-state index is 0.0449. The molecule has 2 heterocycles. The third kappa shape index (κ3) is 4.74. The molecule has 4 rings (SSSR count). The molecule has 1 saturated heterocycles. The van der Waals surface area contributed by atoms with Crippen LogP contribution in [0.1, 0.15) is 17.3 Å². The first-order valence-corrected chi connectivity index (χ1v) is 10.9. The van der Waals surface area contributed by atoms with Crippen molar-refractivity contribution in [3.63, 3.8) is 0 Å². The Labute approximate surface area is 196 Å². The molecule has 9 heteroatoms. The third-order valence-corrected chi connectivity index (χ3v) is 5.83. The highest BCUT2D eigenvalue weighted by molar-refractivity contribution is 6.36. The minimum atomic E-state index is -0.110. The number of amides is 1. The Balaban J connectivity index is 1.46. The number of halogens is 2. The first-order chi connectivity index (χ1) is 15.5. The van der Waals surface area contributed by atoms with Crippen molar-refractivity contribution in [2.45, 2.75) is 13.0 Å². The van der Waals surface area contributed by atoms with Gasteiger partial charge in [-0.1, -0.05) is 35.3 Å². The molecule has 1 atom stereocenters. The number of methoxy groups -OCH3 is 1. The van der Waals surface area contributed by atoms with Crippen LogP contribution >= 0.6 is 23.2 Å². The summed E-state index contributed by atoms with van der Waals surface area (Å²) in [6.45, 7) is 3.77. The second kappa shape index (κ2) is 9.63. The van der Waals surface area contributed by atoms with Gasteiger partial charge in [0.1, 0.15) is 12.1 Å². The van der Waals surface area contributed by atoms with Gasteiger partial charge in [-0.2, -0.15) is 0 Å². The Morgan fingerprint density at radius 1 is 1.06 bits per heavy atom. The topological polar surface area (TPSA) is 67.8 Å². The summed E-state index contributed by atoms with van der Waals surface area (Å²) >= 11 is 12.2. The molecule has 0 radical (unpaired) electrons. The van der Waals surface area contributed by atoms with Gasteiger partial charge in [0, 0.05) is 36.8 Å². The molecule has 1 aromatic heterocycles. The van der Waals surface area contributed by atoms with Crippen LogP contribution in [0.5, 0.6) is 17.4 Å². The van der Waals surface area contributed by atoms with Crippen LogP contribution < -0.4 is 14.4 Å². The number of rotatable bonds is 5. The van der Waals surface area contributed by atoms with Gasteiger partial charge < -0.3 is 19.3 Å². The van der Waals surface area contributed by atoms with E-state index in [0.717, 1.165) is 5.82 Å². The molecule has 0 N–H and O–H groups in total. The van der Waals surface area contributed by atoms with Crippen LogP contribution in [0.2, 0.25) is 10.0 Å². The molecule has 2 aromatic carbocycles. The number of aromatic nitrogens is 2. The summed E-state index contributed by atoms with van der Waals surface area (Å²) in [7, 11) is 1.59. The van der Waals surface area contributed by atoms with Gasteiger partial charge >= 0.3 is 0 Å². The van der Waals surface area contributed by atoms with Gasteiger partial charge in [0.2, 0.25) is 5.88 Å². The lowest BCUT2D eigenvalue weighted by atomic mass is 10.1. The highest BCUT2D eigenvalue weighted by atomic mass is 35.5. The minimum Gasteiger partial charge on any atom is -0.493 e. The summed E-state index contributed by atoms with van der Waals surface area (Å²) < 4.78 is 11.2. The zero-order chi connectivity index (χ0) is 22.7. The number of carbonyl (C=O) groups excluding carboxylic acids is 1. The fraction of sp³-hybridized carbons (Fsp3) is 0.261. The molecule has 0 spiro atoms. The van der Waals surface area contributed by atoms with Gasteiger partial charge in [0.05, 0.1) is 17.7 Å². The normalized spacial score (nSPS) is 16.1. The van der Waals surface area contributed by atoms with E-state index in [-0.39, 0.29) is 11.9 Å². The highest BCUT2D eigenvalue weighted by Gasteiger charge is 2.30. The van der Waals surface area contributed by atoms with Crippen molar-refractivity contribution in [3.05, 3.63) is 70.5 Å². The smallest absolute Gasteiger partial charge is 0.255 e. The lowest BCUT2D eigenvalue weighted by Gasteiger charge is -2.40. The molecular formula is C23H22Cl2N4O3. The number of anilines is 1. The molecule has 1 aliphatic heterocycles. The van der Waals surface area contributed by atoms with Gasteiger partial charge in [-0.15, -0.1) is 0 Å². The zero-order valence-corrected chi connectivity index (χ0v) is 19.2. The monoisotopic (exact) mass is 472 g/mol. The average Bonchev–Trinajstić information content (AvgIpc) is 2.79. The van der Waals surface area contributed by atoms with Crippen LogP contribution in [-0.4, -0.2) is 53.6 Å². The summed E-state index contributed by atoms with van der Waals surface area (Å²) in [5, 5.41) is 0.852. The van der Waals surface area contributed by atoms with Crippen LogP contribution in [0.4, 0.5) is 5.82 Å². The predicted octanol–water partition coefficient (Wildman–Crippen LogP) is 4.94. The first-order valence-electron chi connectivity index (χ1n) is 10.1. The molecule has 7 nitrogen and oxygen atoms in total. The molecule has 0 aliphatic carbocycles. The molecule has 166 valence electrons. The molecule has 32 heavy (non-hydrogen) atoms. The van der Waals surface area contributed by atoms with Gasteiger partial charge in [0.25, 0.3) is 5.91 Å². The second-order valence-corrected chi connectivity index (χ2v) is 8.23. The molecular weight excluding hydrogens is 451 g/mol. The summed E-state index contributed by atoms with van der Waals surface area (Å²) in [4.78, 5) is 25.6. The maximum Gasteiger partial charge on any atom is 0.255 e. The van der Waals surface area contributed by atoms with E-state index in [1.165, 1.54) is 6.33 Å². The van der Waals surface area contributed by atoms with E-state index in [4.69, 9.17) is 32.7 Å². The van der Waals surface area contributed by atoms with Crippen molar-refractivity contribution in [1.82, 2.24) is 14.9 Å². The standard InChI is InChI=1S/C23H22Cl2N4O3/c1-15-13-28(9-10-29(15)23(30)17-8-7-16(24)11-18(17)25)21-12-22(27-14-26-21)32-20-6-4-3-5-19(20)31-2/h3-8,11-12,14-15H,9-10,13H2,1-2H3/t15-/m1/s1. The van der Waals surface area contributed by atoms with E-state index in [9.17, 15) is 4.79 Å². The summed E-state index contributed by atoms with van der Waals surface area (Å²) in [5.74, 6) is 2.23. The molecule has 3 aromatic rings. The van der Waals surface area contributed by atoms with Crippen molar-refractivity contribution in [1.29, 1.82) is 0 Å². The Hall–Kier alpha value is -3.03. The van der Waals surface area contributed by atoms with Crippen LogP contribution in [0.3, 0.4) is 0 Å². The number of nitrogens with zero attached hydrogens (tertiary/aromatic N) is 4. The van der Waals surface area contributed by atoms with Crippen molar-refractivity contribution < 1.29 is 14.3 Å². The van der Waals surface area contributed by atoms with E-state index in [1.807, 2.05) is 36.1 Å². The third-order valence-electron chi connectivity index (χ3n) is 5.29. The van der Waals surface area contributed by atoms with E-state index in [1.54, 1.807) is 31.4 Å². The number of benzene rings is 2.